The second-order valence-electron chi connectivity index (χ2n) is 6.95. The molecule has 1 aliphatic rings. The van der Waals surface area contributed by atoms with Gasteiger partial charge in [0.05, 0.1) is 0 Å². The molecule has 3 rings (SSSR count). The molecule has 2 aromatic carbocycles. The van der Waals surface area contributed by atoms with Gasteiger partial charge in [0.2, 0.25) is 0 Å². The summed E-state index contributed by atoms with van der Waals surface area (Å²) in [6.07, 6.45) is 5.09. The third-order valence-corrected chi connectivity index (χ3v) is 5.38. The Labute approximate surface area is 142 Å². The molecule has 2 aromatic rings. The molecule has 4 nitrogen and oxygen atoms in total. The predicted octanol–water partition coefficient (Wildman–Crippen LogP) is 4.38. The lowest BCUT2D eigenvalue weighted by atomic mass is 9.63. The molecule has 1 saturated carbocycles. The Kier molecular flexibility index (Phi) is 4.08. The van der Waals surface area contributed by atoms with Crippen LogP contribution in [-0.4, -0.2) is 20.4 Å². The van der Waals surface area contributed by atoms with E-state index in [1.54, 1.807) is 24.3 Å². The smallest absolute Gasteiger partial charge is 0.157 e. The maximum atomic E-state index is 10.0. The number of phenolic OH excluding ortho intramolecular Hbond substituents is 4. The third-order valence-electron chi connectivity index (χ3n) is 5.38. The molecule has 0 aromatic heterocycles. The number of hydrogen-bond acceptors (Lipinski definition) is 4. The van der Waals surface area contributed by atoms with Crippen LogP contribution in [-0.2, 0) is 5.41 Å². The highest BCUT2D eigenvalue weighted by Gasteiger charge is 2.39. The normalized spacial score (nSPS) is 16.9. The second kappa shape index (κ2) is 5.93. The predicted molar refractivity (Wildman–Crippen MR) is 92.9 cm³/mol. The van der Waals surface area contributed by atoms with E-state index >= 15 is 0 Å². The summed E-state index contributed by atoms with van der Waals surface area (Å²) in [6, 6.07) is 6.49. The minimum atomic E-state index is -0.331. The number of aryl methyl sites for hydroxylation is 2. The topological polar surface area (TPSA) is 80.9 Å². The fraction of sp³-hybridized carbons (Fsp3) is 0.400. The van der Waals surface area contributed by atoms with Crippen molar-refractivity contribution in [3.8, 4) is 23.0 Å². The van der Waals surface area contributed by atoms with E-state index in [4.69, 9.17) is 0 Å². The van der Waals surface area contributed by atoms with Gasteiger partial charge in [0.1, 0.15) is 0 Å². The molecule has 1 aliphatic carbocycles. The molecule has 1 fully saturated rings. The molecule has 128 valence electrons. The molecule has 0 amide bonds. The number of aromatic hydroxyl groups is 4. The quantitative estimate of drug-likeness (QED) is 0.617. The zero-order valence-corrected chi connectivity index (χ0v) is 14.1. The molecule has 0 saturated heterocycles. The first kappa shape index (κ1) is 16.5. The lowest BCUT2D eigenvalue weighted by molar-refractivity contribution is 0.336. The summed E-state index contributed by atoms with van der Waals surface area (Å²) in [5, 5.41) is 39.7. The van der Waals surface area contributed by atoms with Crippen molar-refractivity contribution in [3.05, 3.63) is 46.5 Å². The first-order chi connectivity index (χ1) is 11.3. The molecule has 0 heterocycles. The van der Waals surface area contributed by atoms with Crippen LogP contribution >= 0.6 is 0 Å². The summed E-state index contributed by atoms with van der Waals surface area (Å²) >= 11 is 0. The molecule has 4 heteroatoms. The summed E-state index contributed by atoms with van der Waals surface area (Å²) in [4.78, 5) is 0. The van der Waals surface area contributed by atoms with Crippen LogP contribution in [0.3, 0.4) is 0 Å². The van der Waals surface area contributed by atoms with E-state index in [0.29, 0.717) is 0 Å². The van der Waals surface area contributed by atoms with Crippen molar-refractivity contribution in [2.24, 2.45) is 0 Å². The maximum Gasteiger partial charge on any atom is 0.157 e. The summed E-state index contributed by atoms with van der Waals surface area (Å²) in [5.41, 5.74) is 3.46. The van der Waals surface area contributed by atoms with Crippen LogP contribution in [0.2, 0.25) is 0 Å². The van der Waals surface area contributed by atoms with Gasteiger partial charge >= 0.3 is 0 Å². The van der Waals surface area contributed by atoms with Crippen LogP contribution in [0.1, 0.15) is 54.4 Å². The van der Waals surface area contributed by atoms with E-state index in [-0.39, 0.29) is 28.4 Å². The lowest BCUT2D eigenvalue weighted by Crippen LogP contribution is -2.32. The molecule has 4 N–H and O–H groups in total. The molecule has 0 radical (unpaired) electrons. The highest BCUT2D eigenvalue weighted by molar-refractivity contribution is 5.56. The maximum absolute atomic E-state index is 10.0. The van der Waals surface area contributed by atoms with Crippen molar-refractivity contribution in [1.29, 1.82) is 0 Å². The number of hydrogen-bond donors (Lipinski definition) is 4. The molecule has 24 heavy (non-hydrogen) atoms. The summed E-state index contributed by atoms with van der Waals surface area (Å²) in [6.45, 7) is 3.86. The minimum absolute atomic E-state index is 0.118. The number of benzene rings is 2. The molecule has 0 atom stereocenters. The molecule has 0 aliphatic heterocycles. The lowest BCUT2D eigenvalue weighted by Gasteiger charge is -2.40. The first-order valence-corrected chi connectivity index (χ1v) is 8.41. The summed E-state index contributed by atoms with van der Waals surface area (Å²) < 4.78 is 0. The Morgan fingerprint density at radius 3 is 1.42 bits per heavy atom. The van der Waals surface area contributed by atoms with Crippen LogP contribution in [0, 0.1) is 13.8 Å². The van der Waals surface area contributed by atoms with Crippen LogP contribution in [0.4, 0.5) is 0 Å². The second-order valence-corrected chi connectivity index (χ2v) is 6.95. The van der Waals surface area contributed by atoms with Gasteiger partial charge in [0.25, 0.3) is 0 Å². The Morgan fingerprint density at radius 2 is 1.00 bits per heavy atom. The van der Waals surface area contributed by atoms with Gasteiger partial charge in [0.15, 0.2) is 23.0 Å². The Balaban J connectivity index is 2.27. The van der Waals surface area contributed by atoms with Crippen LogP contribution in [0.25, 0.3) is 0 Å². The summed E-state index contributed by atoms with van der Waals surface area (Å²) in [7, 11) is 0. The van der Waals surface area contributed by atoms with E-state index in [0.717, 1.165) is 54.4 Å². The molecule has 0 unspecified atom stereocenters. The standard InChI is InChI=1S/C20H24O4/c1-12-8-16(21)18(23)10-14(12)20(6-4-3-5-7-20)15-11-19(24)17(22)9-13(15)2/h8-11,21-24H,3-7H2,1-2H3. The zero-order chi connectivity index (χ0) is 17.5. The molecule has 0 bridgehead atoms. The van der Waals surface area contributed by atoms with Crippen LogP contribution < -0.4 is 0 Å². The molecule has 0 spiro atoms. The van der Waals surface area contributed by atoms with E-state index in [1.165, 1.54) is 0 Å². The van der Waals surface area contributed by atoms with Crippen molar-refractivity contribution in [2.75, 3.05) is 0 Å². The van der Waals surface area contributed by atoms with Crippen molar-refractivity contribution in [3.63, 3.8) is 0 Å². The van der Waals surface area contributed by atoms with E-state index in [1.807, 2.05) is 13.8 Å². The van der Waals surface area contributed by atoms with Gasteiger partial charge in [-0.2, -0.15) is 0 Å². The van der Waals surface area contributed by atoms with Gasteiger partial charge < -0.3 is 20.4 Å². The Hall–Kier alpha value is -2.36. The summed E-state index contributed by atoms with van der Waals surface area (Å²) in [5.74, 6) is -0.484. The fourth-order valence-electron chi connectivity index (χ4n) is 4.23. The van der Waals surface area contributed by atoms with Gasteiger partial charge in [-0.25, -0.2) is 0 Å². The van der Waals surface area contributed by atoms with Crippen molar-refractivity contribution >= 4 is 0 Å². The van der Waals surface area contributed by atoms with E-state index in [2.05, 4.69) is 0 Å². The fourth-order valence-corrected chi connectivity index (χ4v) is 4.23. The SMILES string of the molecule is Cc1cc(O)c(O)cc1C1(c2cc(O)c(O)cc2C)CCCCC1. The highest BCUT2D eigenvalue weighted by atomic mass is 16.3. The van der Waals surface area contributed by atoms with Crippen molar-refractivity contribution < 1.29 is 20.4 Å². The average Bonchev–Trinajstić information content (AvgIpc) is 2.55. The van der Waals surface area contributed by atoms with E-state index < -0.39 is 0 Å². The van der Waals surface area contributed by atoms with Crippen LogP contribution in [0.5, 0.6) is 23.0 Å². The molecular weight excluding hydrogens is 304 g/mol. The molecular formula is C20H24O4. The van der Waals surface area contributed by atoms with Gasteiger partial charge in [-0.05, 0) is 73.2 Å². The average molecular weight is 328 g/mol. The van der Waals surface area contributed by atoms with Gasteiger partial charge in [-0.15, -0.1) is 0 Å². The first-order valence-electron chi connectivity index (χ1n) is 8.41. The largest absolute Gasteiger partial charge is 0.504 e. The Bertz CT molecular complexity index is 714. The van der Waals surface area contributed by atoms with Gasteiger partial charge in [-0.3, -0.25) is 0 Å². The van der Waals surface area contributed by atoms with Crippen LogP contribution in [0.15, 0.2) is 24.3 Å². The zero-order valence-electron chi connectivity index (χ0n) is 14.1. The van der Waals surface area contributed by atoms with E-state index in [9.17, 15) is 20.4 Å². The monoisotopic (exact) mass is 328 g/mol. The third kappa shape index (κ3) is 2.56. The van der Waals surface area contributed by atoms with Gasteiger partial charge in [-0.1, -0.05) is 19.3 Å². The highest BCUT2D eigenvalue weighted by Crippen LogP contribution is 2.50. The van der Waals surface area contributed by atoms with Gasteiger partial charge in [0, 0.05) is 5.41 Å². The minimum Gasteiger partial charge on any atom is -0.504 e. The number of rotatable bonds is 2. The Morgan fingerprint density at radius 1 is 0.625 bits per heavy atom. The van der Waals surface area contributed by atoms with Crippen molar-refractivity contribution in [2.45, 2.75) is 51.4 Å². The van der Waals surface area contributed by atoms with Crippen molar-refractivity contribution in [1.82, 2.24) is 0 Å². The number of phenols is 4.